The summed E-state index contributed by atoms with van der Waals surface area (Å²) in [7, 11) is 0. The molecule has 0 rings (SSSR count). The third-order valence-electron chi connectivity index (χ3n) is 9.97. The second-order valence-electron chi connectivity index (χ2n) is 15.4. The maximum Gasteiger partial charge on any atom is 0.305 e. The third-order valence-corrected chi connectivity index (χ3v) is 9.97. The summed E-state index contributed by atoms with van der Waals surface area (Å²) in [4.78, 5) is 11.9. The molecule has 0 N–H and O–H groups in total. The molecule has 0 saturated carbocycles. The van der Waals surface area contributed by atoms with Gasteiger partial charge in [0, 0.05) is 13.0 Å². The van der Waals surface area contributed by atoms with Crippen LogP contribution in [0.1, 0.15) is 187 Å². The number of hydrogen-bond donors (Lipinski definition) is 0. The standard InChI is InChI=1S/C47H94O10/c1-3-5-7-9-11-13-15-17-19-21-23-25-27-29-47(48)57-46-45-56-44-43-55-42-41-54-40-39-53-38-37-52-36-35-51-34-33-50-32-31-49-30-28-26-24-22-20-18-16-14-12-10-8-6-4-2/h3-46H2,1-2H3. The number of carbonyl (C=O) groups is 1. The van der Waals surface area contributed by atoms with E-state index in [1.54, 1.807) is 0 Å². The van der Waals surface area contributed by atoms with Crippen LogP contribution in [0, 0.1) is 0 Å². The lowest BCUT2D eigenvalue weighted by molar-refractivity contribution is -0.145. The van der Waals surface area contributed by atoms with Crippen LogP contribution in [-0.4, -0.2) is 118 Å². The Bertz CT molecular complexity index is 728. The lowest BCUT2D eigenvalue weighted by Gasteiger charge is -2.09. The predicted octanol–water partition coefficient (Wildman–Crippen LogP) is 11.2. The van der Waals surface area contributed by atoms with E-state index in [-0.39, 0.29) is 5.97 Å². The van der Waals surface area contributed by atoms with Crippen molar-refractivity contribution in [2.45, 2.75) is 187 Å². The molecule has 0 radical (unpaired) electrons. The Labute approximate surface area is 352 Å². The summed E-state index contributed by atoms with van der Waals surface area (Å²) in [6.07, 6.45) is 35.2. The van der Waals surface area contributed by atoms with E-state index in [4.69, 9.17) is 42.6 Å². The van der Waals surface area contributed by atoms with Gasteiger partial charge in [0.2, 0.25) is 0 Å². The normalized spacial score (nSPS) is 11.5. The molecule has 0 aliphatic heterocycles. The van der Waals surface area contributed by atoms with Gasteiger partial charge in [0.15, 0.2) is 0 Å². The van der Waals surface area contributed by atoms with Crippen molar-refractivity contribution in [3.8, 4) is 0 Å². The second kappa shape index (κ2) is 53.2. The minimum Gasteiger partial charge on any atom is -0.463 e. The van der Waals surface area contributed by atoms with Gasteiger partial charge in [0.1, 0.15) is 6.61 Å². The Balaban J connectivity index is 3.12. The Morgan fingerprint density at radius 1 is 0.246 bits per heavy atom. The van der Waals surface area contributed by atoms with Gasteiger partial charge in [-0.25, -0.2) is 0 Å². The highest BCUT2D eigenvalue weighted by molar-refractivity contribution is 5.69. The van der Waals surface area contributed by atoms with E-state index in [0.717, 1.165) is 25.9 Å². The Kier molecular flexibility index (Phi) is 52.4. The van der Waals surface area contributed by atoms with Crippen molar-refractivity contribution < 1.29 is 47.4 Å². The molecule has 0 aromatic carbocycles. The smallest absolute Gasteiger partial charge is 0.305 e. The monoisotopic (exact) mass is 819 g/mol. The van der Waals surface area contributed by atoms with E-state index in [1.807, 2.05) is 0 Å². The predicted molar refractivity (Wildman–Crippen MR) is 234 cm³/mol. The molecule has 0 aromatic heterocycles. The van der Waals surface area contributed by atoms with E-state index in [9.17, 15) is 4.79 Å². The lowest BCUT2D eigenvalue weighted by atomic mass is 10.0. The Morgan fingerprint density at radius 2 is 0.456 bits per heavy atom. The quantitative estimate of drug-likeness (QED) is 0.0435. The maximum atomic E-state index is 11.9. The molecule has 0 aromatic rings. The van der Waals surface area contributed by atoms with E-state index in [2.05, 4.69) is 13.8 Å². The van der Waals surface area contributed by atoms with Crippen LogP contribution in [0.3, 0.4) is 0 Å². The third kappa shape index (κ3) is 53.1. The molecule has 0 aliphatic rings. The largest absolute Gasteiger partial charge is 0.463 e. The van der Waals surface area contributed by atoms with Crippen molar-refractivity contribution in [1.82, 2.24) is 0 Å². The SMILES string of the molecule is CCCCCCCCCCCCCCCOCCOCCOCCOCCOCCOCCOCCOCCOC(=O)CCCCCCCCCCCCCCC. The fraction of sp³-hybridized carbons (Fsp3) is 0.979. The minimum atomic E-state index is -0.125. The van der Waals surface area contributed by atoms with E-state index < -0.39 is 0 Å². The summed E-state index contributed by atoms with van der Waals surface area (Å²) in [5, 5.41) is 0. The van der Waals surface area contributed by atoms with Gasteiger partial charge in [0.25, 0.3) is 0 Å². The first-order valence-corrected chi connectivity index (χ1v) is 24.1. The number of carbonyl (C=O) groups excluding carboxylic acids is 1. The van der Waals surface area contributed by atoms with Crippen LogP contribution >= 0.6 is 0 Å². The van der Waals surface area contributed by atoms with Crippen LogP contribution in [0.2, 0.25) is 0 Å². The number of ether oxygens (including phenoxy) is 9. The molecule has 0 saturated heterocycles. The number of rotatable bonds is 52. The molecule has 0 atom stereocenters. The molecular weight excluding hydrogens is 725 g/mol. The summed E-state index contributed by atoms with van der Waals surface area (Å²) in [5.74, 6) is -0.125. The van der Waals surface area contributed by atoms with Gasteiger partial charge >= 0.3 is 5.97 Å². The second-order valence-corrected chi connectivity index (χ2v) is 15.4. The molecule has 0 bridgehead atoms. The van der Waals surface area contributed by atoms with Crippen LogP contribution in [0.4, 0.5) is 0 Å². The van der Waals surface area contributed by atoms with Gasteiger partial charge < -0.3 is 42.6 Å². The first-order chi connectivity index (χ1) is 28.3. The van der Waals surface area contributed by atoms with Crippen LogP contribution in [-0.2, 0) is 47.4 Å². The van der Waals surface area contributed by atoms with Gasteiger partial charge in [-0.2, -0.15) is 0 Å². The van der Waals surface area contributed by atoms with E-state index >= 15 is 0 Å². The summed E-state index contributed by atoms with van der Waals surface area (Å²) in [5.41, 5.74) is 0. The van der Waals surface area contributed by atoms with Gasteiger partial charge in [-0.15, -0.1) is 0 Å². The van der Waals surface area contributed by atoms with E-state index in [0.29, 0.717) is 112 Å². The number of hydrogen-bond acceptors (Lipinski definition) is 10. The average molecular weight is 819 g/mol. The fourth-order valence-electron chi connectivity index (χ4n) is 6.44. The highest BCUT2D eigenvalue weighted by atomic mass is 16.6. The van der Waals surface area contributed by atoms with Gasteiger partial charge in [-0.1, -0.05) is 168 Å². The van der Waals surface area contributed by atoms with Gasteiger partial charge in [0.05, 0.1) is 99.1 Å². The van der Waals surface area contributed by atoms with Crippen LogP contribution in [0.5, 0.6) is 0 Å². The number of unbranched alkanes of at least 4 members (excludes halogenated alkanes) is 24. The molecular formula is C47H94O10. The average Bonchev–Trinajstić information content (AvgIpc) is 3.22. The first-order valence-electron chi connectivity index (χ1n) is 24.1. The summed E-state index contributed by atoms with van der Waals surface area (Å²) in [6, 6.07) is 0. The zero-order valence-electron chi connectivity index (χ0n) is 37.7. The molecule has 10 nitrogen and oxygen atoms in total. The molecule has 0 amide bonds. The maximum absolute atomic E-state index is 11.9. The Morgan fingerprint density at radius 3 is 0.737 bits per heavy atom. The molecule has 342 valence electrons. The van der Waals surface area contributed by atoms with Gasteiger partial charge in [-0.05, 0) is 12.8 Å². The Hall–Kier alpha value is -0.850. The van der Waals surface area contributed by atoms with Crippen LogP contribution in [0.15, 0.2) is 0 Å². The zero-order chi connectivity index (χ0) is 41.1. The first kappa shape index (κ1) is 56.1. The molecule has 0 heterocycles. The van der Waals surface area contributed by atoms with Crippen molar-refractivity contribution in [2.75, 3.05) is 112 Å². The van der Waals surface area contributed by atoms with Crippen LogP contribution < -0.4 is 0 Å². The van der Waals surface area contributed by atoms with Crippen molar-refractivity contribution in [3.63, 3.8) is 0 Å². The summed E-state index contributed by atoms with van der Waals surface area (Å²) < 4.78 is 49.7. The molecule has 57 heavy (non-hydrogen) atoms. The van der Waals surface area contributed by atoms with Crippen molar-refractivity contribution >= 4 is 5.97 Å². The van der Waals surface area contributed by atoms with Crippen LogP contribution in [0.25, 0.3) is 0 Å². The van der Waals surface area contributed by atoms with Crippen molar-refractivity contribution in [3.05, 3.63) is 0 Å². The minimum absolute atomic E-state index is 0.125. The molecule has 0 aliphatic carbocycles. The molecule has 0 fully saturated rings. The van der Waals surface area contributed by atoms with Crippen molar-refractivity contribution in [1.29, 1.82) is 0 Å². The molecule has 0 spiro atoms. The highest BCUT2D eigenvalue weighted by Crippen LogP contribution is 2.14. The fourth-order valence-corrected chi connectivity index (χ4v) is 6.44. The topological polar surface area (TPSA) is 100 Å². The summed E-state index contributed by atoms with van der Waals surface area (Å²) >= 11 is 0. The lowest BCUT2D eigenvalue weighted by Crippen LogP contribution is -2.15. The zero-order valence-corrected chi connectivity index (χ0v) is 37.7. The highest BCUT2D eigenvalue weighted by Gasteiger charge is 2.03. The number of esters is 1. The van der Waals surface area contributed by atoms with Gasteiger partial charge in [-0.3, -0.25) is 4.79 Å². The van der Waals surface area contributed by atoms with E-state index in [1.165, 1.54) is 148 Å². The molecule has 0 unspecified atom stereocenters. The molecule has 10 heteroatoms. The van der Waals surface area contributed by atoms with Crippen molar-refractivity contribution in [2.24, 2.45) is 0 Å². The summed E-state index contributed by atoms with van der Waals surface area (Å²) in [6.45, 7) is 13.6.